The van der Waals surface area contributed by atoms with Gasteiger partial charge in [0, 0.05) is 24.6 Å². The first-order valence-corrected chi connectivity index (χ1v) is 16.1. The zero-order valence-electron chi connectivity index (χ0n) is 22.9. The fraction of sp³-hybridized carbons (Fsp3) is 0.577. The molecule has 3 amide bonds. The van der Waals surface area contributed by atoms with Crippen LogP contribution in [0.15, 0.2) is 46.7 Å². The molecule has 0 aliphatic heterocycles. The molecule has 214 valence electrons. The molecule has 12 heteroatoms. The van der Waals surface area contributed by atoms with Gasteiger partial charge in [0.1, 0.15) is 21.9 Å². The third kappa shape index (κ3) is 13.2. The number of benzene rings is 1. The van der Waals surface area contributed by atoms with Gasteiger partial charge >= 0.3 is 0 Å². The number of amides is 3. The van der Waals surface area contributed by atoms with Gasteiger partial charge in [0.2, 0.25) is 17.7 Å². The minimum absolute atomic E-state index is 0.0128. The predicted molar refractivity (Wildman–Crippen MR) is 147 cm³/mol. The van der Waals surface area contributed by atoms with E-state index in [1.54, 1.807) is 18.2 Å². The smallest absolute Gasteiger partial charge is 0.243 e. The molecule has 0 heterocycles. The van der Waals surface area contributed by atoms with E-state index < -0.39 is 49.6 Å². The molecule has 0 saturated heterocycles. The Kier molecular flexibility index (Phi) is 13.2. The molecule has 0 radical (unpaired) electrons. The van der Waals surface area contributed by atoms with Crippen molar-refractivity contribution in [1.82, 2.24) is 16.0 Å². The van der Waals surface area contributed by atoms with Crippen LogP contribution >= 0.6 is 0 Å². The minimum atomic E-state index is -3.83. The van der Waals surface area contributed by atoms with Gasteiger partial charge in [-0.15, -0.1) is 0 Å². The van der Waals surface area contributed by atoms with E-state index in [4.69, 9.17) is 0 Å². The van der Waals surface area contributed by atoms with Gasteiger partial charge in [-0.25, -0.2) is 16.8 Å². The summed E-state index contributed by atoms with van der Waals surface area (Å²) in [5, 5.41) is 8.95. The van der Waals surface area contributed by atoms with Crippen molar-refractivity contribution in [1.29, 1.82) is 0 Å². The van der Waals surface area contributed by atoms with Crippen LogP contribution in [-0.4, -0.2) is 64.7 Å². The lowest BCUT2D eigenvalue weighted by Crippen LogP contribution is -2.55. The van der Waals surface area contributed by atoms with Gasteiger partial charge < -0.3 is 16.0 Å². The summed E-state index contributed by atoms with van der Waals surface area (Å²) in [6.45, 7) is 8.87. The SMILES string of the molecule is CC(=O)N[C@@H](CC(C)C)C(=O)N[C@@H](CC(C)C)C(=O)N[C@H](C=CS(=O)(=O)c1ccccc1)CCS(C)(=O)=O. The molecule has 1 rings (SSSR count). The highest BCUT2D eigenvalue weighted by Gasteiger charge is 2.28. The Balaban J connectivity index is 3.18. The molecule has 0 fully saturated rings. The van der Waals surface area contributed by atoms with E-state index in [-0.39, 0.29) is 41.2 Å². The zero-order chi connectivity index (χ0) is 29.1. The summed E-state index contributed by atoms with van der Waals surface area (Å²) >= 11 is 0. The monoisotopic (exact) mass is 571 g/mol. The van der Waals surface area contributed by atoms with E-state index >= 15 is 0 Å². The maximum absolute atomic E-state index is 13.3. The third-order valence-corrected chi connectivity index (χ3v) is 7.85. The van der Waals surface area contributed by atoms with E-state index in [0.29, 0.717) is 6.42 Å². The molecule has 0 bridgehead atoms. The van der Waals surface area contributed by atoms with Crippen LogP contribution in [0.1, 0.15) is 53.9 Å². The highest BCUT2D eigenvalue weighted by molar-refractivity contribution is 7.94. The van der Waals surface area contributed by atoms with Crippen LogP contribution in [0.25, 0.3) is 0 Å². The van der Waals surface area contributed by atoms with Crippen molar-refractivity contribution in [2.45, 2.75) is 76.9 Å². The second-order valence-electron chi connectivity index (χ2n) is 10.3. The summed E-state index contributed by atoms with van der Waals surface area (Å²) in [6.07, 6.45) is 2.89. The molecular weight excluding hydrogens is 530 g/mol. The fourth-order valence-electron chi connectivity index (χ4n) is 3.65. The Bertz CT molecular complexity index is 1180. The molecule has 0 aliphatic rings. The van der Waals surface area contributed by atoms with Gasteiger partial charge in [-0.3, -0.25) is 14.4 Å². The minimum Gasteiger partial charge on any atom is -0.348 e. The molecule has 0 unspecified atom stereocenters. The van der Waals surface area contributed by atoms with Crippen molar-refractivity contribution in [3.05, 3.63) is 41.8 Å². The number of hydrogen-bond acceptors (Lipinski definition) is 7. The number of carbonyl (C=O) groups is 3. The third-order valence-electron chi connectivity index (χ3n) is 5.43. The number of carbonyl (C=O) groups excluding carboxylic acids is 3. The lowest BCUT2D eigenvalue weighted by molar-refractivity contribution is -0.132. The molecule has 1 aromatic carbocycles. The normalized spacial score (nSPS) is 14.7. The molecule has 3 N–H and O–H groups in total. The van der Waals surface area contributed by atoms with Crippen molar-refractivity contribution >= 4 is 37.4 Å². The van der Waals surface area contributed by atoms with Gasteiger partial charge in [-0.2, -0.15) is 0 Å². The summed E-state index contributed by atoms with van der Waals surface area (Å²) in [7, 11) is -7.23. The fourth-order valence-corrected chi connectivity index (χ4v) is 5.42. The molecule has 3 atom stereocenters. The highest BCUT2D eigenvalue weighted by atomic mass is 32.2. The van der Waals surface area contributed by atoms with Gasteiger partial charge in [-0.1, -0.05) is 52.0 Å². The standard InChI is InChI=1S/C26H41N3O7S2/c1-18(2)16-23(27-20(5)30)26(32)29-24(17-19(3)4)25(31)28-21(12-14-37(6,33)34)13-15-38(35,36)22-10-8-7-9-11-22/h7-11,13,15,18-19,21,23-24H,12,14,16-17H2,1-6H3,(H,27,30)(H,28,31)(H,29,32)/t21-,23-,24-/m0/s1. The van der Waals surface area contributed by atoms with Gasteiger partial charge in [0.25, 0.3) is 0 Å². The van der Waals surface area contributed by atoms with Crippen LogP contribution in [0.4, 0.5) is 0 Å². The molecule has 38 heavy (non-hydrogen) atoms. The number of hydrogen-bond donors (Lipinski definition) is 3. The molecule has 0 aromatic heterocycles. The Hall–Kier alpha value is -2.73. The molecule has 10 nitrogen and oxygen atoms in total. The maximum Gasteiger partial charge on any atom is 0.243 e. The number of nitrogens with one attached hydrogen (secondary N) is 3. The van der Waals surface area contributed by atoms with E-state index in [1.807, 2.05) is 27.7 Å². The number of sulfone groups is 2. The molecule has 0 aliphatic carbocycles. The van der Waals surface area contributed by atoms with Crippen LogP contribution < -0.4 is 16.0 Å². The Morgan fingerprint density at radius 2 is 1.32 bits per heavy atom. The van der Waals surface area contributed by atoms with E-state index in [2.05, 4.69) is 16.0 Å². The average Bonchev–Trinajstić information content (AvgIpc) is 2.79. The average molecular weight is 572 g/mol. The van der Waals surface area contributed by atoms with Gasteiger partial charge in [0.15, 0.2) is 9.84 Å². The van der Waals surface area contributed by atoms with Crippen LogP contribution in [-0.2, 0) is 34.1 Å². The largest absolute Gasteiger partial charge is 0.348 e. The van der Waals surface area contributed by atoms with Crippen molar-refractivity contribution in [2.24, 2.45) is 11.8 Å². The maximum atomic E-state index is 13.3. The topological polar surface area (TPSA) is 156 Å². The van der Waals surface area contributed by atoms with Crippen molar-refractivity contribution < 1.29 is 31.2 Å². The Morgan fingerprint density at radius 3 is 1.79 bits per heavy atom. The van der Waals surface area contributed by atoms with Gasteiger partial charge in [0.05, 0.1) is 10.6 Å². The number of rotatable bonds is 15. The lowest BCUT2D eigenvalue weighted by atomic mass is 9.99. The quantitative estimate of drug-likeness (QED) is 0.291. The van der Waals surface area contributed by atoms with E-state index in [0.717, 1.165) is 11.7 Å². The molecule has 1 aromatic rings. The summed E-state index contributed by atoms with van der Waals surface area (Å²) in [5.41, 5.74) is 0. The lowest BCUT2D eigenvalue weighted by Gasteiger charge is -2.26. The first-order chi connectivity index (χ1) is 17.5. The van der Waals surface area contributed by atoms with Crippen molar-refractivity contribution in [2.75, 3.05) is 12.0 Å². The second-order valence-corrected chi connectivity index (χ2v) is 14.4. The van der Waals surface area contributed by atoms with Crippen LogP contribution in [0.2, 0.25) is 0 Å². The van der Waals surface area contributed by atoms with Crippen molar-refractivity contribution in [3.63, 3.8) is 0 Å². The van der Waals surface area contributed by atoms with E-state index in [9.17, 15) is 31.2 Å². The predicted octanol–water partition coefficient (Wildman–Crippen LogP) is 1.98. The Morgan fingerprint density at radius 1 is 0.816 bits per heavy atom. The first-order valence-electron chi connectivity index (χ1n) is 12.5. The highest BCUT2D eigenvalue weighted by Crippen LogP contribution is 2.13. The second kappa shape index (κ2) is 15.0. The molecule has 0 saturated carbocycles. The molecular formula is C26H41N3O7S2. The summed E-state index contributed by atoms with van der Waals surface area (Å²) in [6, 6.07) is 4.97. The summed E-state index contributed by atoms with van der Waals surface area (Å²) in [5.74, 6) is -1.64. The van der Waals surface area contributed by atoms with Crippen LogP contribution in [0.5, 0.6) is 0 Å². The zero-order valence-corrected chi connectivity index (χ0v) is 24.6. The Labute approximate surface area is 226 Å². The summed E-state index contributed by atoms with van der Waals surface area (Å²) in [4.78, 5) is 37.9. The molecule has 0 spiro atoms. The van der Waals surface area contributed by atoms with Crippen LogP contribution in [0.3, 0.4) is 0 Å². The van der Waals surface area contributed by atoms with Crippen molar-refractivity contribution in [3.8, 4) is 0 Å². The van der Waals surface area contributed by atoms with Gasteiger partial charge in [-0.05, 0) is 43.2 Å². The van der Waals surface area contributed by atoms with E-state index in [1.165, 1.54) is 25.1 Å². The first kappa shape index (κ1) is 33.3. The van der Waals surface area contributed by atoms with Crippen LogP contribution in [0, 0.1) is 11.8 Å². The summed E-state index contributed by atoms with van der Waals surface area (Å²) < 4.78 is 48.9.